The van der Waals surface area contributed by atoms with E-state index in [1.54, 1.807) is 0 Å². The first kappa shape index (κ1) is 11.9. The number of carboxylic acid groups (broad SMARTS) is 1. The molecule has 0 aliphatic rings. The van der Waals surface area contributed by atoms with Crippen molar-refractivity contribution in [3.05, 3.63) is 16.0 Å². The molecule has 0 fully saturated rings. The second kappa shape index (κ2) is 4.57. The molecule has 0 aromatic carbocycles. The topological polar surface area (TPSA) is 72.3 Å². The fourth-order valence-corrected chi connectivity index (χ4v) is 1.49. The van der Waals surface area contributed by atoms with Crippen LogP contribution in [0.2, 0.25) is 0 Å². The van der Waals surface area contributed by atoms with Crippen molar-refractivity contribution in [2.45, 2.75) is 19.8 Å². The molecule has 82 valence electrons. The zero-order valence-corrected chi connectivity index (χ0v) is 10.2. The van der Waals surface area contributed by atoms with E-state index in [0.717, 1.165) is 0 Å². The Labute approximate surface area is 95.6 Å². The highest BCUT2D eigenvalue weighted by atomic mass is 79.9. The van der Waals surface area contributed by atoms with E-state index >= 15 is 0 Å². The van der Waals surface area contributed by atoms with Gasteiger partial charge in [0.15, 0.2) is 5.69 Å². The number of nitrogens with zero attached hydrogens (tertiary/aromatic N) is 2. The summed E-state index contributed by atoms with van der Waals surface area (Å²) in [6.07, 6.45) is 0. The summed E-state index contributed by atoms with van der Waals surface area (Å²) in [4.78, 5) is 18.9. The standard InChI is InChI=1S/C9H11BrN2O3/c1-4(2)7-11-6(9(13)14)5(10)8(12-7)15-3/h4H,1-3H3,(H,13,14). The molecule has 5 nitrogen and oxygen atoms in total. The van der Waals surface area contributed by atoms with Gasteiger partial charge in [-0.15, -0.1) is 0 Å². The zero-order valence-electron chi connectivity index (χ0n) is 8.61. The Hall–Kier alpha value is -1.17. The molecule has 1 rings (SSSR count). The largest absolute Gasteiger partial charge is 0.480 e. The molecule has 15 heavy (non-hydrogen) atoms. The van der Waals surface area contributed by atoms with E-state index in [4.69, 9.17) is 9.84 Å². The predicted molar refractivity (Wildman–Crippen MR) is 57.3 cm³/mol. The van der Waals surface area contributed by atoms with Crippen LogP contribution in [0.3, 0.4) is 0 Å². The van der Waals surface area contributed by atoms with Crippen LogP contribution < -0.4 is 4.74 Å². The first-order valence-electron chi connectivity index (χ1n) is 4.32. The summed E-state index contributed by atoms with van der Waals surface area (Å²) in [6, 6.07) is 0. The van der Waals surface area contributed by atoms with Crippen molar-refractivity contribution in [3.63, 3.8) is 0 Å². The van der Waals surface area contributed by atoms with Crippen LogP contribution in [0.1, 0.15) is 36.1 Å². The van der Waals surface area contributed by atoms with Crippen molar-refractivity contribution in [1.29, 1.82) is 0 Å². The van der Waals surface area contributed by atoms with Crippen molar-refractivity contribution in [2.24, 2.45) is 0 Å². The summed E-state index contributed by atoms with van der Waals surface area (Å²) in [6.45, 7) is 3.77. The Balaban J connectivity index is 3.38. The molecule has 0 saturated carbocycles. The average Bonchev–Trinajstić information content (AvgIpc) is 2.17. The molecule has 1 N–H and O–H groups in total. The van der Waals surface area contributed by atoms with Crippen LogP contribution in [0.5, 0.6) is 5.88 Å². The molecular weight excluding hydrogens is 264 g/mol. The van der Waals surface area contributed by atoms with Crippen molar-refractivity contribution in [3.8, 4) is 5.88 Å². The van der Waals surface area contributed by atoms with Crippen molar-refractivity contribution in [2.75, 3.05) is 7.11 Å². The molecule has 6 heteroatoms. The number of ether oxygens (including phenoxy) is 1. The third-order valence-electron chi connectivity index (χ3n) is 1.75. The molecule has 1 aromatic heterocycles. The van der Waals surface area contributed by atoms with Crippen LogP contribution in [0, 0.1) is 0 Å². The van der Waals surface area contributed by atoms with E-state index in [1.807, 2.05) is 13.8 Å². The van der Waals surface area contributed by atoms with Gasteiger partial charge in [0.2, 0.25) is 5.88 Å². The molecule has 0 aliphatic carbocycles. The number of carboxylic acids is 1. The number of aromatic nitrogens is 2. The van der Waals surface area contributed by atoms with E-state index in [-0.39, 0.29) is 22.0 Å². The van der Waals surface area contributed by atoms with Gasteiger partial charge in [0.05, 0.1) is 7.11 Å². The third kappa shape index (κ3) is 2.44. The highest BCUT2D eigenvalue weighted by Gasteiger charge is 2.19. The average molecular weight is 275 g/mol. The monoisotopic (exact) mass is 274 g/mol. The molecule has 0 saturated heterocycles. The van der Waals surface area contributed by atoms with Crippen LogP contribution in [0.25, 0.3) is 0 Å². The highest BCUT2D eigenvalue weighted by molar-refractivity contribution is 9.10. The van der Waals surface area contributed by atoms with E-state index < -0.39 is 5.97 Å². The third-order valence-corrected chi connectivity index (χ3v) is 2.47. The Morgan fingerprint density at radius 3 is 2.47 bits per heavy atom. The van der Waals surface area contributed by atoms with Crippen molar-refractivity contribution < 1.29 is 14.6 Å². The minimum absolute atomic E-state index is 0.0464. The molecule has 1 heterocycles. The van der Waals surface area contributed by atoms with Gasteiger partial charge in [-0.05, 0) is 15.9 Å². The van der Waals surface area contributed by atoms with E-state index in [2.05, 4.69) is 25.9 Å². The molecule has 0 amide bonds. The number of halogens is 1. The van der Waals surface area contributed by atoms with Crippen molar-refractivity contribution in [1.82, 2.24) is 9.97 Å². The first-order chi connectivity index (χ1) is 6.97. The smallest absolute Gasteiger partial charge is 0.355 e. The van der Waals surface area contributed by atoms with Crippen LogP contribution in [-0.4, -0.2) is 28.2 Å². The zero-order chi connectivity index (χ0) is 11.6. The number of hydrogen-bond donors (Lipinski definition) is 1. The molecule has 0 bridgehead atoms. The SMILES string of the molecule is COc1nc(C(C)C)nc(C(=O)O)c1Br. The fourth-order valence-electron chi connectivity index (χ4n) is 0.978. The Morgan fingerprint density at radius 1 is 1.47 bits per heavy atom. The van der Waals surface area contributed by atoms with Gasteiger partial charge in [-0.25, -0.2) is 9.78 Å². The van der Waals surface area contributed by atoms with Crippen molar-refractivity contribution >= 4 is 21.9 Å². The molecule has 1 aromatic rings. The number of methoxy groups -OCH3 is 1. The molecule has 0 unspecified atom stereocenters. The molecule has 0 spiro atoms. The van der Waals surface area contributed by atoms with Gasteiger partial charge in [-0.2, -0.15) is 4.98 Å². The van der Waals surface area contributed by atoms with E-state index in [1.165, 1.54) is 7.11 Å². The second-order valence-electron chi connectivity index (χ2n) is 3.21. The van der Waals surface area contributed by atoms with Crippen LogP contribution in [-0.2, 0) is 0 Å². The lowest BCUT2D eigenvalue weighted by molar-refractivity contribution is 0.0688. The summed E-state index contributed by atoms with van der Waals surface area (Å²) in [7, 11) is 1.43. The van der Waals surface area contributed by atoms with Gasteiger partial charge in [-0.1, -0.05) is 13.8 Å². The number of hydrogen-bond acceptors (Lipinski definition) is 4. The maximum Gasteiger partial charge on any atom is 0.355 e. The minimum atomic E-state index is -1.11. The van der Waals surface area contributed by atoms with E-state index in [9.17, 15) is 4.79 Å². The Kier molecular flexibility index (Phi) is 3.62. The molecule has 0 radical (unpaired) electrons. The summed E-state index contributed by atoms with van der Waals surface area (Å²) < 4.78 is 5.23. The van der Waals surface area contributed by atoms with Gasteiger partial charge >= 0.3 is 5.97 Å². The van der Waals surface area contributed by atoms with Gasteiger partial charge in [0.25, 0.3) is 0 Å². The van der Waals surface area contributed by atoms with Gasteiger partial charge in [-0.3, -0.25) is 0 Å². The fraction of sp³-hybridized carbons (Fsp3) is 0.444. The van der Waals surface area contributed by atoms with Gasteiger partial charge in [0, 0.05) is 5.92 Å². The highest BCUT2D eigenvalue weighted by Crippen LogP contribution is 2.27. The summed E-state index contributed by atoms with van der Waals surface area (Å²) in [5.41, 5.74) is -0.0782. The summed E-state index contributed by atoms with van der Waals surface area (Å²) in [5.74, 6) is -0.367. The van der Waals surface area contributed by atoms with Gasteiger partial charge < -0.3 is 9.84 Å². The maximum absolute atomic E-state index is 10.9. The predicted octanol–water partition coefficient (Wildman–Crippen LogP) is 2.07. The van der Waals surface area contributed by atoms with Crippen LogP contribution >= 0.6 is 15.9 Å². The number of aromatic carboxylic acids is 1. The van der Waals surface area contributed by atoms with Crippen LogP contribution in [0.4, 0.5) is 0 Å². The quantitative estimate of drug-likeness (QED) is 0.914. The Bertz CT molecular complexity index is 393. The minimum Gasteiger partial charge on any atom is -0.480 e. The maximum atomic E-state index is 10.9. The lowest BCUT2D eigenvalue weighted by Crippen LogP contribution is -2.09. The lowest BCUT2D eigenvalue weighted by atomic mass is 10.2. The number of rotatable bonds is 3. The Morgan fingerprint density at radius 2 is 2.07 bits per heavy atom. The van der Waals surface area contributed by atoms with E-state index in [0.29, 0.717) is 5.82 Å². The second-order valence-corrected chi connectivity index (χ2v) is 4.01. The van der Waals surface area contributed by atoms with Gasteiger partial charge in [0.1, 0.15) is 10.3 Å². The summed E-state index contributed by atoms with van der Waals surface area (Å²) in [5, 5.41) is 8.92. The normalized spacial score (nSPS) is 10.5. The lowest BCUT2D eigenvalue weighted by Gasteiger charge is -2.09. The molecule has 0 aliphatic heterocycles. The molecule has 0 atom stereocenters. The first-order valence-corrected chi connectivity index (χ1v) is 5.11. The number of carbonyl (C=O) groups is 1. The van der Waals surface area contributed by atoms with Crippen LogP contribution in [0.15, 0.2) is 4.47 Å². The molecular formula is C9H11BrN2O3. The summed E-state index contributed by atoms with van der Waals surface area (Å²) >= 11 is 3.09.